The van der Waals surface area contributed by atoms with Crippen molar-refractivity contribution < 1.29 is 0 Å². The molecule has 2 nitrogen and oxygen atoms in total. The van der Waals surface area contributed by atoms with Gasteiger partial charge in [-0.05, 0) is 47.6 Å². The van der Waals surface area contributed by atoms with E-state index < -0.39 is 0 Å². The fourth-order valence-corrected chi connectivity index (χ4v) is 6.65. The quantitative estimate of drug-likeness (QED) is 0.301. The van der Waals surface area contributed by atoms with Crippen molar-refractivity contribution in [3.05, 3.63) is 144 Å². The highest BCUT2D eigenvalue weighted by Crippen LogP contribution is 2.46. The Balaban J connectivity index is 1.45. The molecule has 2 aliphatic heterocycles. The summed E-state index contributed by atoms with van der Waals surface area (Å²) in [6.07, 6.45) is 2.61. The Morgan fingerprint density at radius 2 is 1.09 bits per heavy atom. The van der Waals surface area contributed by atoms with Crippen molar-refractivity contribution in [2.24, 2.45) is 5.92 Å². The molecule has 0 amide bonds. The lowest BCUT2D eigenvalue weighted by Crippen LogP contribution is -2.49. The molecule has 4 aromatic carbocycles. The van der Waals surface area contributed by atoms with Gasteiger partial charge in [0.2, 0.25) is 0 Å². The highest BCUT2D eigenvalue weighted by atomic mass is 15.3. The molecule has 6 rings (SSSR count). The molecule has 2 atom stereocenters. The van der Waals surface area contributed by atoms with Crippen LogP contribution in [0.3, 0.4) is 0 Å². The number of hydrogen-bond acceptors (Lipinski definition) is 2. The van der Waals surface area contributed by atoms with Crippen LogP contribution in [0, 0.1) is 5.92 Å². The minimum absolute atomic E-state index is 0.306. The summed E-state index contributed by atoms with van der Waals surface area (Å²) in [5.74, 6) is 0.697. The van der Waals surface area contributed by atoms with Crippen molar-refractivity contribution >= 4 is 0 Å². The van der Waals surface area contributed by atoms with E-state index in [1.165, 1.54) is 41.6 Å². The fourth-order valence-electron chi connectivity index (χ4n) is 6.65. The molecule has 0 N–H and O–H groups in total. The summed E-state index contributed by atoms with van der Waals surface area (Å²) in [6, 6.07) is 45.1. The van der Waals surface area contributed by atoms with Crippen molar-refractivity contribution in [3.63, 3.8) is 0 Å². The largest absolute Gasteiger partial charge is 0.295 e. The lowest BCUT2D eigenvalue weighted by Gasteiger charge is -2.44. The third-order valence-electron chi connectivity index (χ3n) is 8.17. The Morgan fingerprint density at radius 3 is 1.60 bits per heavy atom. The van der Waals surface area contributed by atoms with Crippen LogP contribution >= 0.6 is 0 Å². The van der Waals surface area contributed by atoms with Crippen molar-refractivity contribution in [2.45, 2.75) is 31.0 Å². The molecule has 2 fully saturated rings. The standard InChI is InChI=1S/C33H34N2/c1-5-14-27(15-6-1)24-34-23-13-16-28-25-35(26-32(28)34)33(29-17-7-2-8-18-29,30-19-9-3-10-20-30)31-21-11-4-12-22-31/h1-12,14-15,17-22,28,32H,13,16,23-26H2/t28-,32+/m0/s1. The van der Waals surface area contributed by atoms with Crippen LogP contribution in [-0.2, 0) is 12.1 Å². The Bertz CT molecular complexity index is 1110. The summed E-state index contributed by atoms with van der Waals surface area (Å²) in [5.41, 5.74) is 5.17. The van der Waals surface area contributed by atoms with E-state index in [4.69, 9.17) is 0 Å². The molecule has 0 saturated carbocycles. The van der Waals surface area contributed by atoms with Crippen molar-refractivity contribution in [1.82, 2.24) is 9.80 Å². The van der Waals surface area contributed by atoms with Gasteiger partial charge in [-0.1, -0.05) is 121 Å². The topological polar surface area (TPSA) is 6.48 Å². The number of likely N-dealkylation sites (tertiary alicyclic amines) is 2. The zero-order valence-electron chi connectivity index (χ0n) is 20.3. The maximum atomic E-state index is 2.80. The number of nitrogens with zero attached hydrogens (tertiary/aromatic N) is 2. The molecule has 0 unspecified atom stereocenters. The van der Waals surface area contributed by atoms with Gasteiger partial charge in [0.05, 0.1) is 5.54 Å². The van der Waals surface area contributed by atoms with Gasteiger partial charge in [-0.15, -0.1) is 0 Å². The minimum atomic E-state index is -0.306. The Kier molecular flexibility index (Phi) is 6.24. The second-order valence-electron chi connectivity index (χ2n) is 10.1. The molecule has 35 heavy (non-hydrogen) atoms. The summed E-state index contributed by atoms with van der Waals surface area (Å²) >= 11 is 0. The van der Waals surface area contributed by atoms with Crippen LogP contribution in [0.25, 0.3) is 0 Å². The number of fused-ring (bicyclic) bond motifs is 1. The van der Waals surface area contributed by atoms with E-state index in [2.05, 4.69) is 131 Å². The second-order valence-corrected chi connectivity index (χ2v) is 10.1. The Labute approximate surface area is 209 Å². The summed E-state index contributed by atoms with van der Waals surface area (Å²) in [7, 11) is 0. The van der Waals surface area contributed by atoms with Crippen LogP contribution in [0.1, 0.15) is 35.1 Å². The van der Waals surface area contributed by atoms with Gasteiger partial charge in [-0.2, -0.15) is 0 Å². The van der Waals surface area contributed by atoms with Crippen LogP contribution in [-0.4, -0.2) is 35.5 Å². The maximum absolute atomic E-state index is 2.80. The Hall–Kier alpha value is -3.20. The normalized spacial score (nSPS) is 21.0. The zero-order chi connectivity index (χ0) is 23.5. The summed E-state index contributed by atoms with van der Waals surface area (Å²) < 4.78 is 0. The van der Waals surface area contributed by atoms with E-state index >= 15 is 0 Å². The highest BCUT2D eigenvalue weighted by Gasteiger charge is 2.49. The average molecular weight is 459 g/mol. The van der Waals surface area contributed by atoms with Gasteiger partial charge in [0.15, 0.2) is 0 Å². The summed E-state index contributed by atoms with van der Waals surface area (Å²) in [4.78, 5) is 5.56. The molecule has 176 valence electrons. The molecule has 2 saturated heterocycles. The highest BCUT2D eigenvalue weighted by molar-refractivity contribution is 5.50. The molecule has 4 aromatic rings. The molecule has 0 radical (unpaired) electrons. The first-order valence-corrected chi connectivity index (χ1v) is 13.1. The first-order valence-electron chi connectivity index (χ1n) is 13.1. The third-order valence-corrected chi connectivity index (χ3v) is 8.17. The lowest BCUT2D eigenvalue weighted by atomic mass is 9.75. The zero-order valence-corrected chi connectivity index (χ0v) is 20.3. The van der Waals surface area contributed by atoms with Crippen molar-refractivity contribution in [2.75, 3.05) is 19.6 Å². The van der Waals surface area contributed by atoms with E-state index in [1.807, 2.05) is 0 Å². The van der Waals surface area contributed by atoms with Gasteiger partial charge in [0, 0.05) is 25.7 Å². The molecule has 2 heteroatoms. The smallest absolute Gasteiger partial charge is 0.0973 e. The molecule has 0 aromatic heterocycles. The van der Waals surface area contributed by atoms with E-state index in [9.17, 15) is 0 Å². The molecular formula is C33H34N2. The van der Waals surface area contributed by atoms with E-state index in [0.29, 0.717) is 12.0 Å². The predicted octanol–water partition coefficient (Wildman–Crippen LogP) is 6.57. The summed E-state index contributed by atoms with van der Waals surface area (Å²) in [6.45, 7) is 4.44. The van der Waals surface area contributed by atoms with Crippen LogP contribution in [0.2, 0.25) is 0 Å². The number of rotatable bonds is 6. The number of hydrogen-bond donors (Lipinski definition) is 0. The monoisotopic (exact) mass is 458 g/mol. The lowest BCUT2D eigenvalue weighted by molar-refractivity contribution is 0.113. The maximum Gasteiger partial charge on any atom is 0.0973 e. The second kappa shape index (κ2) is 9.81. The van der Waals surface area contributed by atoms with Crippen molar-refractivity contribution in [3.8, 4) is 0 Å². The predicted molar refractivity (Wildman–Crippen MR) is 144 cm³/mol. The van der Waals surface area contributed by atoms with E-state index in [-0.39, 0.29) is 5.54 Å². The van der Waals surface area contributed by atoms with Gasteiger partial charge >= 0.3 is 0 Å². The van der Waals surface area contributed by atoms with Gasteiger partial charge in [0.25, 0.3) is 0 Å². The van der Waals surface area contributed by atoms with Gasteiger partial charge in [0.1, 0.15) is 0 Å². The van der Waals surface area contributed by atoms with Crippen molar-refractivity contribution in [1.29, 1.82) is 0 Å². The molecule has 2 aliphatic rings. The van der Waals surface area contributed by atoms with E-state index in [0.717, 1.165) is 19.6 Å². The van der Waals surface area contributed by atoms with Crippen LogP contribution in [0.5, 0.6) is 0 Å². The molecule has 2 heterocycles. The molecule has 0 aliphatic carbocycles. The minimum Gasteiger partial charge on any atom is -0.295 e. The fraction of sp³-hybridized carbons (Fsp3) is 0.273. The summed E-state index contributed by atoms with van der Waals surface area (Å²) in [5, 5.41) is 0. The molecule has 0 spiro atoms. The van der Waals surface area contributed by atoms with Crippen LogP contribution < -0.4 is 0 Å². The Morgan fingerprint density at radius 1 is 0.600 bits per heavy atom. The van der Waals surface area contributed by atoms with Gasteiger partial charge in [-0.3, -0.25) is 9.80 Å². The van der Waals surface area contributed by atoms with E-state index in [1.54, 1.807) is 0 Å². The molecular weight excluding hydrogens is 424 g/mol. The van der Waals surface area contributed by atoms with Crippen LogP contribution in [0.15, 0.2) is 121 Å². The first kappa shape index (κ1) is 22.3. The first-order chi connectivity index (χ1) is 17.4. The number of piperidine rings is 1. The van der Waals surface area contributed by atoms with Crippen LogP contribution in [0.4, 0.5) is 0 Å². The van der Waals surface area contributed by atoms with Gasteiger partial charge < -0.3 is 0 Å². The molecule has 0 bridgehead atoms. The number of benzene rings is 4. The third kappa shape index (κ3) is 4.11. The average Bonchev–Trinajstić information content (AvgIpc) is 3.37. The SMILES string of the molecule is c1ccc(CN2CCC[C@H]3CN(C(c4ccccc4)(c4ccccc4)c4ccccc4)C[C@H]32)cc1. The van der Waals surface area contributed by atoms with Gasteiger partial charge in [-0.25, -0.2) is 0 Å².